The van der Waals surface area contributed by atoms with Crippen molar-refractivity contribution in [3.8, 4) is 6.07 Å². The van der Waals surface area contributed by atoms with Crippen molar-refractivity contribution in [2.45, 2.75) is 12.8 Å². The number of rotatable bonds is 6. The van der Waals surface area contributed by atoms with Gasteiger partial charge < -0.3 is 10.0 Å². The average molecular weight is 267 g/mol. The molecule has 0 aliphatic heterocycles. The molecule has 1 aromatic carbocycles. The predicted molar refractivity (Wildman–Crippen MR) is 69.8 cm³/mol. The van der Waals surface area contributed by atoms with Gasteiger partial charge in [-0.3, -0.25) is 0 Å². The Hall–Kier alpha value is -1.73. The first-order valence-corrected chi connectivity index (χ1v) is 6.23. The normalized spacial score (nSPS) is 9.78. The first-order valence-electron chi connectivity index (χ1n) is 5.70. The number of halogens is 1. The highest BCUT2D eigenvalue weighted by atomic mass is 35.5. The molecule has 0 radical (unpaired) electrons. The molecule has 0 aliphatic carbocycles. The summed E-state index contributed by atoms with van der Waals surface area (Å²) < 4.78 is 0. The number of hydrogen-bond acceptors (Lipinski definition) is 2. The van der Waals surface area contributed by atoms with Crippen molar-refractivity contribution >= 4 is 17.7 Å². The van der Waals surface area contributed by atoms with Crippen molar-refractivity contribution in [2.24, 2.45) is 0 Å². The molecular formula is C13H15ClN2O2. The lowest BCUT2D eigenvalue weighted by atomic mass is 10.1. The van der Waals surface area contributed by atoms with Gasteiger partial charge in [0.2, 0.25) is 0 Å². The zero-order chi connectivity index (χ0) is 13.4. The summed E-state index contributed by atoms with van der Waals surface area (Å²) in [6.45, 7) is 0.896. The van der Waals surface area contributed by atoms with Gasteiger partial charge in [-0.15, -0.1) is 11.6 Å². The Kier molecular flexibility index (Phi) is 6.03. The molecule has 1 aromatic rings. The largest absolute Gasteiger partial charge is 0.465 e. The number of carbonyl (C=O) groups is 1. The van der Waals surface area contributed by atoms with Crippen molar-refractivity contribution in [2.75, 3.05) is 19.0 Å². The maximum Gasteiger partial charge on any atom is 0.407 e. The Morgan fingerprint density at radius 1 is 1.33 bits per heavy atom. The van der Waals surface area contributed by atoms with E-state index < -0.39 is 6.09 Å². The number of nitriles is 1. The second-order valence-corrected chi connectivity index (χ2v) is 4.25. The molecule has 0 fully saturated rings. The highest BCUT2D eigenvalue weighted by molar-refractivity contribution is 6.17. The van der Waals surface area contributed by atoms with Crippen molar-refractivity contribution in [1.29, 1.82) is 5.26 Å². The van der Waals surface area contributed by atoms with Gasteiger partial charge in [-0.1, -0.05) is 12.1 Å². The summed E-state index contributed by atoms with van der Waals surface area (Å²) in [4.78, 5) is 12.3. The third-order valence-corrected chi connectivity index (χ3v) is 2.85. The van der Waals surface area contributed by atoms with E-state index >= 15 is 0 Å². The molecule has 5 heteroatoms. The minimum absolute atomic E-state index is 0.443. The Labute approximate surface area is 111 Å². The van der Waals surface area contributed by atoms with Crippen LogP contribution in [-0.2, 0) is 6.42 Å². The SMILES string of the molecule is N#Cc1ccc(CCN(CCCCl)C(=O)O)cc1. The van der Waals surface area contributed by atoms with E-state index in [1.807, 2.05) is 18.2 Å². The Bertz CT molecular complexity index is 426. The molecule has 18 heavy (non-hydrogen) atoms. The van der Waals surface area contributed by atoms with E-state index in [0.717, 1.165) is 5.56 Å². The summed E-state index contributed by atoms with van der Waals surface area (Å²) in [6, 6.07) is 9.21. The molecule has 0 heterocycles. The van der Waals surface area contributed by atoms with E-state index in [1.165, 1.54) is 4.90 Å². The quantitative estimate of drug-likeness (QED) is 0.805. The molecule has 4 nitrogen and oxygen atoms in total. The molecule has 1 N–H and O–H groups in total. The third kappa shape index (κ3) is 4.64. The van der Waals surface area contributed by atoms with E-state index in [9.17, 15) is 4.79 Å². The van der Waals surface area contributed by atoms with Crippen molar-refractivity contribution < 1.29 is 9.90 Å². The fraction of sp³-hybridized carbons (Fsp3) is 0.385. The van der Waals surface area contributed by atoms with Crippen LogP contribution in [0.5, 0.6) is 0 Å². The van der Waals surface area contributed by atoms with E-state index in [0.29, 0.717) is 37.4 Å². The molecule has 0 unspecified atom stereocenters. The summed E-state index contributed by atoms with van der Waals surface area (Å²) in [7, 11) is 0. The Balaban J connectivity index is 2.50. The van der Waals surface area contributed by atoms with Gasteiger partial charge in [0.05, 0.1) is 11.6 Å². The summed E-state index contributed by atoms with van der Waals surface area (Å²) in [5, 5.41) is 17.7. The number of alkyl halides is 1. The van der Waals surface area contributed by atoms with Crippen LogP contribution in [0.1, 0.15) is 17.5 Å². The molecule has 0 saturated carbocycles. The van der Waals surface area contributed by atoms with Gasteiger partial charge in [-0.2, -0.15) is 5.26 Å². The number of hydrogen-bond donors (Lipinski definition) is 1. The zero-order valence-corrected chi connectivity index (χ0v) is 10.7. The smallest absolute Gasteiger partial charge is 0.407 e. The molecule has 0 spiro atoms. The van der Waals surface area contributed by atoms with Crippen molar-refractivity contribution in [3.63, 3.8) is 0 Å². The topological polar surface area (TPSA) is 64.3 Å². The van der Waals surface area contributed by atoms with Gasteiger partial charge in [-0.05, 0) is 30.5 Å². The van der Waals surface area contributed by atoms with Crippen LogP contribution >= 0.6 is 11.6 Å². The van der Waals surface area contributed by atoms with Crippen LogP contribution in [-0.4, -0.2) is 35.1 Å². The van der Waals surface area contributed by atoms with Gasteiger partial charge in [0, 0.05) is 19.0 Å². The number of amides is 1. The Morgan fingerprint density at radius 3 is 2.50 bits per heavy atom. The molecule has 0 aromatic heterocycles. The second kappa shape index (κ2) is 7.57. The predicted octanol–water partition coefficient (Wildman–Crippen LogP) is 2.71. The van der Waals surface area contributed by atoms with Crippen LogP contribution in [0.3, 0.4) is 0 Å². The van der Waals surface area contributed by atoms with E-state index in [1.54, 1.807) is 12.1 Å². The fourth-order valence-corrected chi connectivity index (χ4v) is 1.68. The van der Waals surface area contributed by atoms with Gasteiger partial charge in [0.25, 0.3) is 0 Å². The van der Waals surface area contributed by atoms with Gasteiger partial charge in [0.1, 0.15) is 0 Å². The monoisotopic (exact) mass is 266 g/mol. The summed E-state index contributed by atoms with van der Waals surface area (Å²) in [5.41, 5.74) is 1.63. The highest BCUT2D eigenvalue weighted by Crippen LogP contribution is 2.06. The minimum Gasteiger partial charge on any atom is -0.465 e. The highest BCUT2D eigenvalue weighted by Gasteiger charge is 2.10. The van der Waals surface area contributed by atoms with Crippen LogP contribution in [0, 0.1) is 11.3 Å². The van der Waals surface area contributed by atoms with Crippen LogP contribution in [0.15, 0.2) is 24.3 Å². The van der Waals surface area contributed by atoms with Crippen molar-refractivity contribution in [1.82, 2.24) is 4.90 Å². The fourth-order valence-electron chi connectivity index (χ4n) is 1.56. The Morgan fingerprint density at radius 2 is 2.00 bits per heavy atom. The summed E-state index contributed by atoms with van der Waals surface area (Å²) >= 11 is 5.55. The molecule has 1 rings (SSSR count). The van der Waals surface area contributed by atoms with Gasteiger partial charge in [0.15, 0.2) is 0 Å². The molecule has 0 atom stereocenters. The van der Waals surface area contributed by atoms with Crippen LogP contribution in [0.25, 0.3) is 0 Å². The van der Waals surface area contributed by atoms with Crippen LogP contribution in [0.4, 0.5) is 4.79 Å². The average Bonchev–Trinajstić information content (AvgIpc) is 2.39. The standard InChI is InChI=1S/C13H15ClN2O2/c14-7-1-8-16(13(17)18)9-6-11-2-4-12(10-15)5-3-11/h2-5H,1,6-9H2,(H,17,18). The third-order valence-electron chi connectivity index (χ3n) is 2.59. The van der Waals surface area contributed by atoms with Gasteiger partial charge in [-0.25, -0.2) is 4.79 Å². The van der Waals surface area contributed by atoms with Crippen molar-refractivity contribution in [3.05, 3.63) is 35.4 Å². The summed E-state index contributed by atoms with van der Waals surface area (Å²) in [6.07, 6.45) is 0.371. The van der Waals surface area contributed by atoms with E-state index in [4.69, 9.17) is 22.0 Å². The first kappa shape index (κ1) is 14.3. The lowest BCUT2D eigenvalue weighted by Crippen LogP contribution is -2.32. The lowest BCUT2D eigenvalue weighted by Gasteiger charge is -2.18. The number of nitrogens with zero attached hydrogens (tertiary/aromatic N) is 2. The first-order chi connectivity index (χ1) is 8.67. The van der Waals surface area contributed by atoms with E-state index in [2.05, 4.69) is 0 Å². The molecule has 1 amide bonds. The van der Waals surface area contributed by atoms with Crippen LogP contribution in [0.2, 0.25) is 0 Å². The number of carboxylic acid groups (broad SMARTS) is 1. The molecular weight excluding hydrogens is 252 g/mol. The summed E-state index contributed by atoms with van der Waals surface area (Å²) in [5.74, 6) is 0.459. The van der Waals surface area contributed by atoms with Crippen LogP contribution < -0.4 is 0 Å². The molecule has 0 bridgehead atoms. The molecule has 0 saturated heterocycles. The maximum absolute atomic E-state index is 11.0. The second-order valence-electron chi connectivity index (χ2n) is 3.87. The maximum atomic E-state index is 11.0. The molecule has 0 aliphatic rings. The number of benzene rings is 1. The van der Waals surface area contributed by atoms with Gasteiger partial charge >= 0.3 is 6.09 Å². The van der Waals surface area contributed by atoms with E-state index in [-0.39, 0.29) is 0 Å². The zero-order valence-electron chi connectivity index (χ0n) is 9.97. The lowest BCUT2D eigenvalue weighted by molar-refractivity contribution is 0.146. The minimum atomic E-state index is -0.922. The molecule has 96 valence electrons.